The molecule has 0 saturated carbocycles. The number of thiazole rings is 1. The topological polar surface area (TPSA) is 51.2 Å². The molecule has 128 valence electrons. The van der Waals surface area contributed by atoms with Gasteiger partial charge in [-0.05, 0) is 45.2 Å². The molecule has 0 fully saturated rings. The van der Waals surface area contributed by atoms with Gasteiger partial charge in [-0.1, -0.05) is 30.3 Å². The van der Waals surface area contributed by atoms with Gasteiger partial charge in [-0.2, -0.15) is 0 Å². The Morgan fingerprint density at radius 1 is 1.38 bits per heavy atom. The van der Waals surface area contributed by atoms with Crippen LogP contribution in [-0.4, -0.2) is 16.7 Å². The molecule has 1 aromatic carbocycles. The zero-order valence-corrected chi connectivity index (χ0v) is 15.4. The van der Waals surface area contributed by atoms with Crippen molar-refractivity contribution in [2.45, 2.75) is 45.8 Å². The number of carbonyl (C=O) groups excluding carboxylic acids is 1. The van der Waals surface area contributed by atoms with Gasteiger partial charge in [0.05, 0.1) is 22.1 Å². The minimum Gasteiger partial charge on any atom is -0.444 e. The highest BCUT2D eigenvalue weighted by atomic mass is 32.1. The lowest BCUT2D eigenvalue weighted by molar-refractivity contribution is 0.0504. The Hall–Kier alpha value is -2.14. The van der Waals surface area contributed by atoms with Gasteiger partial charge in [-0.3, -0.25) is 0 Å². The normalized spacial score (nSPS) is 12.5. The van der Waals surface area contributed by atoms with E-state index in [-0.39, 0.29) is 6.04 Å². The minimum absolute atomic E-state index is 0.158. The van der Waals surface area contributed by atoms with Crippen molar-refractivity contribution in [3.05, 3.63) is 53.7 Å². The summed E-state index contributed by atoms with van der Waals surface area (Å²) < 4.78 is 5.34. The van der Waals surface area contributed by atoms with Crippen LogP contribution in [-0.2, 0) is 4.74 Å². The second kappa shape index (κ2) is 7.62. The average Bonchev–Trinajstić information content (AvgIpc) is 2.91. The maximum absolute atomic E-state index is 12.0. The van der Waals surface area contributed by atoms with Crippen molar-refractivity contribution in [2.24, 2.45) is 0 Å². The highest BCUT2D eigenvalue weighted by Gasteiger charge is 2.20. The molecule has 4 nitrogen and oxygen atoms in total. The van der Waals surface area contributed by atoms with Crippen LogP contribution in [0.4, 0.5) is 4.79 Å². The largest absolute Gasteiger partial charge is 0.444 e. The standard InChI is InChI=1S/C19H24N2O2S/c1-6-7-16(21-18(22)23-19(3,4)5)14-8-10-15(11-9-14)17-13(2)20-12-24-17/h6,8-12,16H,1,7H2,2-5H3,(H,21,22)/t16-/m0/s1. The first-order chi connectivity index (χ1) is 11.3. The van der Waals surface area contributed by atoms with Crippen LogP contribution in [0.5, 0.6) is 0 Å². The summed E-state index contributed by atoms with van der Waals surface area (Å²) in [4.78, 5) is 17.5. The third kappa shape index (κ3) is 4.93. The third-order valence-electron chi connectivity index (χ3n) is 3.41. The number of ether oxygens (including phenoxy) is 1. The second-order valence-corrected chi connectivity index (χ2v) is 7.47. The van der Waals surface area contributed by atoms with E-state index in [0.29, 0.717) is 6.42 Å². The lowest BCUT2D eigenvalue weighted by Gasteiger charge is -2.23. The summed E-state index contributed by atoms with van der Waals surface area (Å²) in [5, 5.41) is 2.91. The van der Waals surface area contributed by atoms with Crippen molar-refractivity contribution >= 4 is 17.4 Å². The molecule has 2 rings (SSSR count). The van der Waals surface area contributed by atoms with E-state index >= 15 is 0 Å². The van der Waals surface area contributed by atoms with Gasteiger partial charge in [0.25, 0.3) is 0 Å². The van der Waals surface area contributed by atoms with Gasteiger partial charge in [0, 0.05) is 0 Å². The number of rotatable bonds is 5. The summed E-state index contributed by atoms with van der Waals surface area (Å²) in [6, 6.07) is 8.01. The number of nitrogens with one attached hydrogen (secondary N) is 1. The molecule has 0 aliphatic rings. The Kier molecular flexibility index (Phi) is 5.78. The predicted octanol–water partition coefficient (Wildman–Crippen LogP) is 5.26. The summed E-state index contributed by atoms with van der Waals surface area (Å²) in [5.41, 5.74) is 4.52. The Bertz CT molecular complexity index is 699. The molecule has 24 heavy (non-hydrogen) atoms. The number of aryl methyl sites for hydroxylation is 1. The SMILES string of the molecule is C=CC[C@H](NC(=O)OC(C)(C)C)c1ccc(-c2scnc2C)cc1. The molecule has 5 heteroatoms. The molecule has 0 radical (unpaired) electrons. The van der Waals surface area contributed by atoms with Crippen LogP contribution in [0.3, 0.4) is 0 Å². The molecule has 0 unspecified atom stereocenters. The quantitative estimate of drug-likeness (QED) is 0.753. The smallest absolute Gasteiger partial charge is 0.408 e. The molecule has 0 saturated heterocycles. The monoisotopic (exact) mass is 344 g/mol. The number of hydrogen-bond donors (Lipinski definition) is 1. The average molecular weight is 344 g/mol. The van der Waals surface area contributed by atoms with E-state index in [2.05, 4.69) is 29.0 Å². The van der Waals surface area contributed by atoms with E-state index < -0.39 is 11.7 Å². The maximum atomic E-state index is 12.0. The molecular formula is C19H24N2O2S. The van der Waals surface area contributed by atoms with E-state index in [1.807, 2.05) is 45.3 Å². The zero-order chi connectivity index (χ0) is 17.7. The zero-order valence-electron chi connectivity index (χ0n) is 14.6. The van der Waals surface area contributed by atoms with E-state index in [0.717, 1.165) is 16.8 Å². The summed E-state index contributed by atoms with van der Waals surface area (Å²) in [6.07, 6.45) is 2.01. The first kappa shape index (κ1) is 18.2. The molecule has 1 amide bonds. The van der Waals surface area contributed by atoms with Crippen molar-refractivity contribution in [3.8, 4) is 10.4 Å². The highest BCUT2D eigenvalue weighted by Crippen LogP contribution is 2.29. The molecule has 1 aromatic heterocycles. The summed E-state index contributed by atoms with van der Waals surface area (Å²) in [5.74, 6) is 0. The molecule has 0 aliphatic carbocycles. The number of amides is 1. The highest BCUT2D eigenvalue weighted by molar-refractivity contribution is 7.13. The first-order valence-electron chi connectivity index (χ1n) is 7.91. The van der Waals surface area contributed by atoms with Crippen molar-refractivity contribution in [3.63, 3.8) is 0 Å². The Morgan fingerprint density at radius 2 is 2.04 bits per heavy atom. The van der Waals surface area contributed by atoms with E-state index in [1.165, 1.54) is 4.88 Å². The van der Waals surface area contributed by atoms with Crippen LogP contribution < -0.4 is 5.32 Å². The Balaban J connectivity index is 2.15. The lowest BCUT2D eigenvalue weighted by atomic mass is 10.0. The van der Waals surface area contributed by atoms with Crippen LogP contribution >= 0.6 is 11.3 Å². The number of nitrogens with zero attached hydrogens (tertiary/aromatic N) is 1. The Morgan fingerprint density at radius 3 is 2.54 bits per heavy atom. The molecule has 1 heterocycles. The predicted molar refractivity (Wildman–Crippen MR) is 99.2 cm³/mol. The fraction of sp³-hybridized carbons (Fsp3) is 0.368. The van der Waals surface area contributed by atoms with Crippen LogP contribution in [0.25, 0.3) is 10.4 Å². The van der Waals surface area contributed by atoms with Gasteiger partial charge < -0.3 is 10.1 Å². The fourth-order valence-electron chi connectivity index (χ4n) is 2.34. The summed E-state index contributed by atoms with van der Waals surface area (Å²) in [6.45, 7) is 11.3. The van der Waals surface area contributed by atoms with Crippen molar-refractivity contribution < 1.29 is 9.53 Å². The molecule has 2 aromatic rings. The number of hydrogen-bond acceptors (Lipinski definition) is 4. The molecule has 0 spiro atoms. The van der Waals surface area contributed by atoms with E-state index in [1.54, 1.807) is 17.4 Å². The maximum Gasteiger partial charge on any atom is 0.408 e. The fourth-order valence-corrected chi connectivity index (χ4v) is 3.15. The number of alkyl carbamates (subject to hydrolysis) is 1. The van der Waals surface area contributed by atoms with Crippen molar-refractivity contribution in [1.82, 2.24) is 10.3 Å². The number of aromatic nitrogens is 1. The molecule has 0 aliphatic heterocycles. The number of benzene rings is 1. The van der Waals surface area contributed by atoms with Gasteiger partial charge in [0.2, 0.25) is 0 Å². The second-order valence-electron chi connectivity index (χ2n) is 6.61. The van der Waals surface area contributed by atoms with Crippen molar-refractivity contribution in [1.29, 1.82) is 0 Å². The minimum atomic E-state index is -0.517. The molecular weight excluding hydrogens is 320 g/mol. The van der Waals surface area contributed by atoms with Gasteiger partial charge >= 0.3 is 6.09 Å². The lowest BCUT2D eigenvalue weighted by Crippen LogP contribution is -2.34. The molecule has 0 bridgehead atoms. The first-order valence-corrected chi connectivity index (χ1v) is 8.79. The van der Waals surface area contributed by atoms with Gasteiger partial charge in [-0.15, -0.1) is 17.9 Å². The van der Waals surface area contributed by atoms with Crippen molar-refractivity contribution in [2.75, 3.05) is 0 Å². The van der Waals surface area contributed by atoms with Crippen LogP contribution in [0, 0.1) is 6.92 Å². The van der Waals surface area contributed by atoms with Gasteiger partial charge in [0.1, 0.15) is 5.60 Å². The van der Waals surface area contributed by atoms with Crippen LogP contribution in [0.15, 0.2) is 42.4 Å². The summed E-state index contributed by atoms with van der Waals surface area (Å²) in [7, 11) is 0. The third-order valence-corrected chi connectivity index (χ3v) is 4.39. The summed E-state index contributed by atoms with van der Waals surface area (Å²) >= 11 is 1.63. The van der Waals surface area contributed by atoms with E-state index in [9.17, 15) is 4.79 Å². The molecule has 1 atom stereocenters. The van der Waals surface area contributed by atoms with Gasteiger partial charge in [0.15, 0.2) is 0 Å². The van der Waals surface area contributed by atoms with Gasteiger partial charge in [-0.25, -0.2) is 9.78 Å². The van der Waals surface area contributed by atoms with E-state index in [4.69, 9.17) is 4.74 Å². The molecule has 1 N–H and O–H groups in total. The Labute approximate surface area is 147 Å². The van der Waals surface area contributed by atoms with Crippen LogP contribution in [0.2, 0.25) is 0 Å². The number of carbonyl (C=O) groups is 1. The van der Waals surface area contributed by atoms with Crippen LogP contribution in [0.1, 0.15) is 44.5 Å².